The highest BCUT2D eigenvalue weighted by atomic mass is 35.5. The number of fused-ring (bicyclic) bond motifs is 1. The van der Waals surface area contributed by atoms with Gasteiger partial charge in [0.25, 0.3) is 0 Å². The molecule has 4 heteroatoms. The third-order valence-electron chi connectivity index (χ3n) is 3.43. The molecule has 88 valence electrons. The Hall–Kier alpha value is -1.53. The first kappa shape index (κ1) is 11.9. The number of hydrogen-bond acceptors (Lipinski definition) is 2. The van der Waals surface area contributed by atoms with Gasteiger partial charge < -0.3 is 4.90 Å². The Morgan fingerprint density at radius 3 is 2.88 bits per heavy atom. The molecule has 1 heterocycles. The predicted octanol–water partition coefficient (Wildman–Crippen LogP) is 2.88. The normalized spacial score (nSPS) is 22.5. The first-order valence-electron chi connectivity index (χ1n) is 5.46. The minimum atomic E-state index is -0.620. The fourth-order valence-corrected chi connectivity index (χ4v) is 2.56. The largest absolute Gasteiger partial charge is 0.314 e. The topological polar surface area (TPSA) is 44.1 Å². The first-order chi connectivity index (χ1) is 8.00. The molecule has 0 bridgehead atoms. The first-order valence-corrected chi connectivity index (χ1v) is 5.83. The summed E-state index contributed by atoms with van der Waals surface area (Å²) in [6, 6.07) is 7.56. The lowest BCUT2D eigenvalue weighted by Gasteiger charge is -2.21. The van der Waals surface area contributed by atoms with E-state index in [1.165, 1.54) is 0 Å². The second-order valence-corrected chi connectivity index (χ2v) is 4.95. The van der Waals surface area contributed by atoms with Gasteiger partial charge in [0.2, 0.25) is 5.91 Å². The van der Waals surface area contributed by atoms with E-state index in [2.05, 4.69) is 6.07 Å². The van der Waals surface area contributed by atoms with E-state index in [0.717, 1.165) is 11.3 Å². The SMILES string of the molecule is CN1C(=O)[C@@](C)(CCC#N)c2cc(Cl)ccc21. The average Bonchev–Trinajstić information content (AvgIpc) is 2.50. The summed E-state index contributed by atoms with van der Waals surface area (Å²) >= 11 is 5.99. The van der Waals surface area contributed by atoms with Crippen molar-refractivity contribution in [3.05, 3.63) is 28.8 Å². The van der Waals surface area contributed by atoms with Crippen molar-refractivity contribution >= 4 is 23.2 Å². The number of carbonyl (C=O) groups is 1. The van der Waals surface area contributed by atoms with E-state index < -0.39 is 5.41 Å². The van der Waals surface area contributed by atoms with E-state index in [-0.39, 0.29) is 5.91 Å². The molecule has 1 atom stereocenters. The smallest absolute Gasteiger partial charge is 0.237 e. The van der Waals surface area contributed by atoms with Crippen LogP contribution in [0.2, 0.25) is 5.02 Å². The highest BCUT2D eigenvalue weighted by Crippen LogP contribution is 2.44. The number of benzene rings is 1. The number of rotatable bonds is 2. The summed E-state index contributed by atoms with van der Waals surface area (Å²) in [6.07, 6.45) is 0.891. The van der Waals surface area contributed by atoms with Crippen LogP contribution in [-0.4, -0.2) is 13.0 Å². The van der Waals surface area contributed by atoms with Crippen LogP contribution in [0.5, 0.6) is 0 Å². The Morgan fingerprint density at radius 1 is 1.53 bits per heavy atom. The third kappa shape index (κ3) is 1.69. The molecule has 0 aliphatic carbocycles. The molecule has 1 amide bonds. The van der Waals surface area contributed by atoms with Gasteiger partial charge in [0, 0.05) is 24.2 Å². The zero-order chi connectivity index (χ0) is 12.6. The molecule has 2 rings (SSSR count). The summed E-state index contributed by atoms with van der Waals surface area (Å²) < 4.78 is 0. The third-order valence-corrected chi connectivity index (χ3v) is 3.66. The zero-order valence-corrected chi connectivity index (χ0v) is 10.6. The van der Waals surface area contributed by atoms with Crippen LogP contribution in [-0.2, 0) is 10.2 Å². The standard InChI is InChI=1S/C13H13ClN2O/c1-13(6-3-7-15)10-8-9(14)4-5-11(10)16(2)12(13)17/h4-5,8H,3,6H2,1-2H3/t13-/m0/s1. The summed E-state index contributed by atoms with van der Waals surface area (Å²) in [4.78, 5) is 13.9. The van der Waals surface area contributed by atoms with Crippen LogP contribution in [0.15, 0.2) is 18.2 Å². The van der Waals surface area contributed by atoms with Gasteiger partial charge in [-0.1, -0.05) is 11.6 Å². The maximum Gasteiger partial charge on any atom is 0.237 e. The maximum absolute atomic E-state index is 12.3. The molecule has 1 aromatic rings. The van der Waals surface area contributed by atoms with Gasteiger partial charge in [0.15, 0.2) is 0 Å². The molecular formula is C13H13ClN2O. The predicted molar refractivity (Wildman–Crippen MR) is 67.1 cm³/mol. The van der Waals surface area contributed by atoms with E-state index in [9.17, 15) is 4.79 Å². The number of nitrogens with zero attached hydrogens (tertiary/aromatic N) is 2. The monoisotopic (exact) mass is 248 g/mol. The Morgan fingerprint density at radius 2 is 2.24 bits per heavy atom. The molecule has 1 aliphatic heterocycles. The molecule has 0 saturated carbocycles. The van der Waals surface area contributed by atoms with Gasteiger partial charge >= 0.3 is 0 Å². The number of hydrogen-bond donors (Lipinski definition) is 0. The quantitative estimate of drug-likeness (QED) is 0.808. The minimum Gasteiger partial charge on any atom is -0.314 e. The van der Waals surface area contributed by atoms with Crippen molar-refractivity contribution in [2.75, 3.05) is 11.9 Å². The van der Waals surface area contributed by atoms with E-state index in [1.54, 1.807) is 18.0 Å². The summed E-state index contributed by atoms with van der Waals surface area (Å²) in [7, 11) is 1.76. The lowest BCUT2D eigenvalue weighted by molar-refractivity contribution is -0.122. The highest BCUT2D eigenvalue weighted by Gasteiger charge is 2.45. The number of nitriles is 1. The number of carbonyl (C=O) groups excluding carboxylic acids is 1. The Labute approximate surface area is 106 Å². The summed E-state index contributed by atoms with van der Waals surface area (Å²) in [6.45, 7) is 1.88. The van der Waals surface area contributed by atoms with Gasteiger partial charge in [0.05, 0.1) is 11.5 Å². The lowest BCUT2D eigenvalue weighted by Crippen LogP contribution is -2.35. The van der Waals surface area contributed by atoms with Gasteiger partial charge in [-0.3, -0.25) is 4.79 Å². The Kier molecular flexibility index (Phi) is 2.84. The van der Waals surface area contributed by atoms with Crippen LogP contribution in [0.4, 0.5) is 5.69 Å². The molecule has 0 radical (unpaired) electrons. The number of halogens is 1. The van der Waals surface area contributed by atoms with Crippen molar-refractivity contribution in [3.63, 3.8) is 0 Å². The van der Waals surface area contributed by atoms with Crippen molar-refractivity contribution in [2.45, 2.75) is 25.2 Å². The van der Waals surface area contributed by atoms with Crippen LogP contribution in [0.25, 0.3) is 0 Å². The maximum atomic E-state index is 12.3. The molecule has 0 N–H and O–H groups in total. The molecule has 0 spiro atoms. The van der Waals surface area contributed by atoms with E-state index in [0.29, 0.717) is 17.9 Å². The van der Waals surface area contributed by atoms with E-state index in [4.69, 9.17) is 16.9 Å². The second-order valence-electron chi connectivity index (χ2n) is 4.52. The zero-order valence-electron chi connectivity index (χ0n) is 9.83. The van der Waals surface area contributed by atoms with Gasteiger partial charge in [-0.05, 0) is 37.1 Å². The number of anilines is 1. The van der Waals surface area contributed by atoms with Crippen molar-refractivity contribution in [1.29, 1.82) is 5.26 Å². The molecular weight excluding hydrogens is 236 g/mol. The number of amides is 1. The van der Waals surface area contributed by atoms with Gasteiger partial charge in [-0.15, -0.1) is 0 Å². The Bertz CT molecular complexity index is 521. The van der Waals surface area contributed by atoms with Crippen molar-refractivity contribution < 1.29 is 4.79 Å². The average molecular weight is 249 g/mol. The molecule has 0 aromatic heterocycles. The fraction of sp³-hybridized carbons (Fsp3) is 0.385. The van der Waals surface area contributed by atoms with Crippen molar-refractivity contribution in [2.24, 2.45) is 0 Å². The fourth-order valence-electron chi connectivity index (χ4n) is 2.38. The summed E-state index contributed by atoms with van der Waals surface area (Å²) in [5, 5.41) is 9.32. The van der Waals surface area contributed by atoms with Crippen molar-refractivity contribution in [1.82, 2.24) is 0 Å². The van der Waals surface area contributed by atoms with Crippen LogP contribution in [0.3, 0.4) is 0 Å². The lowest BCUT2D eigenvalue weighted by atomic mass is 9.80. The summed E-state index contributed by atoms with van der Waals surface area (Å²) in [5.74, 6) is 0.0324. The van der Waals surface area contributed by atoms with Crippen molar-refractivity contribution in [3.8, 4) is 6.07 Å². The van der Waals surface area contributed by atoms with Crippen LogP contribution in [0, 0.1) is 11.3 Å². The summed E-state index contributed by atoms with van der Waals surface area (Å²) in [5.41, 5.74) is 1.19. The molecule has 0 saturated heterocycles. The molecule has 0 fully saturated rings. The minimum absolute atomic E-state index is 0.0324. The molecule has 1 aliphatic rings. The highest BCUT2D eigenvalue weighted by molar-refractivity contribution is 6.31. The molecule has 17 heavy (non-hydrogen) atoms. The number of likely N-dealkylation sites (N-methyl/N-ethyl adjacent to an activating group) is 1. The van der Waals surface area contributed by atoms with E-state index >= 15 is 0 Å². The van der Waals surface area contributed by atoms with Crippen LogP contribution < -0.4 is 4.90 Å². The van der Waals surface area contributed by atoms with Gasteiger partial charge in [-0.2, -0.15) is 5.26 Å². The molecule has 3 nitrogen and oxygen atoms in total. The Balaban J connectivity index is 2.53. The van der Waals surface area contributed by atoms with Gasteiger partial charge in [0.1, 0.15) is 0 Å². The second kappa shape index (κ2) is 4.05. The molecule has 1 aromatic carbocycles. The van der Waals surface area contributed by atoms with Crippen LogP contribution >= 0.6 is 11.6 Å². The molecule has 0 unspecified atom stereocenters. The van der Waals surface area contributed by atoms with Crippen LogP contribution in [0.1, 0.15) is 25.3 Å². The van der Waals surface area contributed by atoms with E-state index in [1.807, 2.05) is 19.1 Å². The van der Waals surface area contributed by atoms with Gasteiger partial charge in [-0.25, -0.2) is 0 Å².